The summed E-state index contributed by atoms with van der Waals surface area (Å²) in [5, 5.41) is 3.27. The first kappa shape index (κ1) is 23.3. The molecule has 2 amide bonds. The van der Waals surface area contributed by atoms with Crippen molar-refractivity contribution in [2.75, 3.05) is 28.2 Å². The molecule has 0 spiro atoms. The van der Waals surface area contributed by atoms with Crippen molar-refractivity contribution in [2.24, 2.45) is 0 Å². The third-order valence-electron chi connectivity index (χ3n) is 6.15. The molecule has 1 aliphatic heterocycles. The third-order valence-corrected chi connectivity index (χ3v) is 6.15. The Balaban J connectivity index is 1.76. The minimum Gasteiger partial charge on any atom is -0.372 e. The Morgan fingerprint density at radius 2 is 1.32 bits per heavy atom. The fourth-order valence-electron chi connectivity index (χ4n) is 4.46. The van der Waals surface area contributed by atoms with E-state index in [1.807, 2.05) is 81.4 Å². The van der Waals surface area contributed by atoms with Crippen LogP contribution in [0, 0.1) is 20.8 Å². The summed E-state index contributed by atoms with van der Waals surface area (Å²) < 4.78 is 0. The molecule has 5 nitrogen and oxygen atoms in total. The average Bonchev–Trinajstić information content (AvgIpc) is 3.04. The van der Waals surface area contributed by atoms with Crippen molar-refractivity contribution >= 4 is 34.4 Å². The van der Waals surface area contributed by atoms with Gasteiger partial charge in [0.2, 0.25) is 0 Å². The van der Waals surface area contributed by atoms with E-state index in [4.69, 9.17) is 0 Å². The highest BCUT2D eigenvalue weighted by atomic mass is 16.2. The number of nitrogens with zero attached hydrogens (tertiary/aromatic N) is 2. The van der Waals surface area contributed by atoms with Crippen molar-refractivity contribution in [1.82, 2.24) is 0 Å². The topological polar surface area (TPSA) is 52.6 Å². The number of amides is 2. The van der Waals surface area contributed by atoms with Crippen molar-refractivity contribution in [3.05, 3.63) is 94.7 Å². The van der Waals surface area contributed by atoms with Gasteiger partial charge in [-0.2, -0.15) is 0 Å². The van der Waals surface area contributed by atoms with Crippen LogP contribution in [-0.2, 0) is 9.59 Å². The monoisotopic (exact) mass is 453 g/mol. The molecule has 174 valence electrons. The number of carbonyl (C=O) groups excluding carboxylic acids is 2. The lowest BCUT2D eigenvalue weighted by Crippen LogP contribution is -2.32. The predicted octanol–water partition coefficient (Wildman–Crippen LogP) is 5.85. The van der Waals surface area contributed by atoms with Crippen molar-refractivity contribution in [3.8, 4) is 0 Å². The molecule has 3 aromatic rings. The van der Waals surface area contributed by atoms with E-state index in [1.54, 1.807) is 0 Å². The zero-order chi connectivity index (χ0) is 24.4. The molecule has 0 aromatic heterocycles. The number of carbonyl (C=O) groups is 2. The van der Waals surface area contributed by atoms with Crippen LogP contribution >= 0.6 is 0 Å². The van der Waals surface area contributed by atoms with Crippen LogP contribution in [0.1, 0.15) is 36.1 Å². The highest BCUT2D eigenvalue weighted by Crippen LogP contribution is 2.35. The number of nitrogens with one attached hydrogen (secondary N) is 1. The van der Waals surface area contributed by atoms with Gasteiger partial charge in [-0.05, 0) is 87.7 Å². The Bertz CT molecular complexity index is 1230. The largest absolute Gasteiger partial charge is 0.372 e. The smallest absolute Gasteiger partial charge is 0.282 e. The van der Waals surface area contributed by atoms with Gasteiger partial charge in [-0.3, -0.25) is 9.59 Å². The first-order chi connectivity index (χ1) is 16.3. The van der Waals surface area contributed by atoms with E-state index in [-0.39, 0.29) is 11.8 Å². The second kappa shape index (κ2) is 9.56. The first-order valence-electron chi connectivity index (χ1n) is 11.7. The molecule has 0 fully saturated rings. The van der Waals surface area contributed by atoms with Gasteiger partial charge in [-0.1, -0.05) is 35.9 Å². The average molecular weight is 454 g/mol. The minimum absolute atomic E-state index is 0.298. The molecular weight excluding hydrogens is 422 g/mol. The number of hydrogen-bond donors (Lipinski definition) is 1. The Morgan fingerprint density at radius 1 is 0.735 bits per heavy atom. The maximum atomic E-state index is 13.7. The molecule has 0 saturated heterocycles. The van der Waals surface area contributed by atoms with Crippen LogP contribution in [0.2, 0.25) is 0 Å². The molecule has 0 radical (unpaired) electrons. The Hall–Kier alpha value is -3.86. The summed E-state index contributed by atoms with van der Waals surface area (Å²) in [6.45, 7) is 12.0. The highest BCUT2D eigenvalue weighted by Gasteiger charge is 2.40. The van der Waals surface area contributed by atoms with E-state index < -0.39 is 0 Å². The van der Waals surface area contributed by atoms with E-state index in [9.17, 15) is 9.59 Å². The standard InChI is InChI=1S/C29H31N3O2/c1-6-31(7-2)24-12-14-25(15-13-24)32-28(33)26(22-10-8-19(3)9-11-22)27(29(32)34)30-23-17-20(4)16-21(5)18-23/h8-18,30H,6-7H2,1-5H3. The number of imide groups is 1. The molecule has 0 unspecified atom stereocenters. The zero-order valence-electron chi connectivity index (χ0n) is 20.5. The summed E-state index contributed by atoms with van der Waals surface area (Å²) in [5.74, 6) is -0.674. The molecule has 1 N–H and O–H groups in total. The highest BCUT2D eigenvalue weighted by molar-refractivity contribution is 6.46. The van der Waals surface area contributed by atoms with Crippen molar-refractivity contribution in [1.29, 1.82) is 0 Å². The van der Waals surface area contributed by atoms with Gasteiger partial charge in [0.15, 0.2) is 0 Å². The quantitative estimate of drug-likeness (QED) is 0.456. The number of rotatable bonds is 7. The summed E-state index contributed by atoms with van der Waals surface area (Å²) in [7, 11) is 0. The summed E-state index contributed by atoms with van der Waals surface area (Å²) in [6, 6.07) is 21.3. The van der Waals surface area contributed by atoms with Crippen LogP contribution < -0.4 is 15.1 Å². The lowest BCUT2D eigenvalue weighted by atomic mass is 10.0. The fraction of sp³-hybridized carbons (Fsp3) is 0.241. The van der Waals surface area contributed by atoms with Gasteiger partial charge in [0.25, 0.3) is 11.8 Å². The Kier molecular flexibility index (Phi) is 6.55. The number of hydrogen-bond acceptors (Lipinski definition) is 4. The fourth-order valence-corrected chi connectivity index (χ4v) is 4.46. The molecule has 5 heteroatoms. The van der Waals surface area contributed by atoms with E-state index in [1.165, 1.54) is 4.90 Å². The van der Waals surface area contributed by atoms with Crippen molar-refractivity contribution in [3.63, 3.8) is 0 Å². The lowest BCUT2D eigenvalue weighted by molar-refractivity contribution is -0.120. The van der Waals surface area contributed by atoms with Crippen molar-refractivity contribution < 1.29 is 9.59 Å². The van der Waals surface area contributed by atoms with Crippen LogP contribution in [0.5, 0.6) is 0 Å². The van der Waals surface area contributed by atoms with Crippen LogP contribution in [0.15, 0.2) is 72.4 Å². The molecule has 1 aliphatic rings. The summed E-state index contributed by atoms with van der Waals surface area (Å²) in [5.41, 5.74) is 7.08. The van der Waals surface area contributed by atoms with Gasteiger partial charge in [0, 0.05) is 24.5 Å². The third kappa shape index (κ3) is 4.46. The molecule has 1 heterocycles. The van der Waals surface area contributed by atoms with Crippen LogP contribution in [0.4, 0.5) is 17.1 Å². The van der Waals surface area contributed by atoms with Gasteiger partial charge >= 0.3 is 0 Å². The van der Waals surface area contributed by atoms with Gasteiger partial charge in [-0.15, -0.1) is 0 Å². The molecule has 0 atom stereocenters. The van der Waals surface area contributed by atoms with Crippen LogP contribution in [0.3, 0.4) is 0 Å². The zero-order valence-corrected chi connectivity index (χ0v) is 20.5. The van der Waals surface area contributed by atoms with Gasteiger partial charge < -0.3 is 10.2 Å². The molecule has 4 rings (SSSR count). The second-order valence-electron chi connectivity index (χ2n) is 8.75. The summed E-state index contributed by atoms with van der Waals surface area (Å²) >= 11 is 0. The van der Waals surface area contributed by atoms with E-state index in [2.05, 4.69) is 30.1 Å². The van der Waals surface area contributed by atoms with Crippen molar-refractivity contribution in [2.45, 2.75) is 34.6 Å². The van der Waals surface area contributed by atoms with Crippen LogP contribution in [-0.4, -0.2) is 24.9 Å². The number of benzene rings is 3. The molecule has 0 aliphatic carbocycles. The van der Waals surface area contributed by atoms with E-state index in [0.717, 1.165) is 46.7 Å². The Labute approximate surface area is 201 Å². The van der Waals surface area contributed by atoms with Crippen LogP contribution in [0.25, 0.3) is 5.57 Å². The second-order valence-corrected chi connectivity index (χ2v) is 8.75. The Morgan fingerprint density at radius 3 is 1.88 bits per heavy atom. The molecule has 34 heavy (non-hydrogen) atoms. The first-order valence-corrected chi connectivity index (χ1v) is 11.7. The normalized spacial score (nSPS) is 13.6. The summed E-state index contributed by atoms with van der Waals surface area (Å²) in [6.07, 6.45) is 0. The van der Waals surface area contributed by atoms with E-state index >= 15 is 0 Å². The molecular formula is C29H31N3O2. The van der Waals surface area contributed by atoms with Gasteiger partial charge in [0.1, 0.15) is 5.70 Å². The summed E-state index contributed by atoms with van der Waals surface area (Å²) in [4.78, 5) is 30.8. The number of aryl methyl sites for hydroxylation is 3. The predicted molar refractivity (Wildman–Crippen MR) is 140 cm³/mol. The van der Waals surface area contributed by atoms with Gasteiger partial charge in [0.05, 0.1) is 11.3 Å². The maximum Gasteiger partial charge on any atom is 0.282 e. The van der Waals surface area contributed by atoms with Gasteiger partial charge in [-0.25, -0.2) is 4.90 Å². The molecule has 0 bridgehead atoms. The molecule has 0 saturated carbocycles. The van der Waals surface area contributed by atoms with E-state index in [0.29, 0.717) is 17.0 Å². The lowest BCUT2D eigenvalue weighted by Gasteiger charge is -2.22. The molecule has 3 aromatic carbocycles. The minimum atomic E-state index is -0.352. The maximum absolute atomic E-state index is 13.7. The SMILES string of the molecule is CCN(CC)c1ccc(N2C(=O)C(Nc3cc(C)cc(C)c3)=C(c3ccc(C)cc3)C2=O)cc1. The number of anilines is 3.